The highest BCUT2D eigenvalue weighted by Crippen LogP contribution is 2.30. The lowest BCUT2D eigenvalue weighted by Crippen LogP contribution is -2.22. The predicted molar refractivity (Wildman–Crippen MR) is 79.7 cm³/mol. The summed E-state index contributed by atoms with van der Waals surface area (Å²) >= 11 is 0. The summed E-state index contributed by atoms with van der Waals surface area (Å²) in [6.07, 6.45) is 0. The number of nitrogens with zero attached hydrogens (tertiary/aromatic N) is 3. The van der Waals surface area contributed by atoms with Gasteiger partial charge in [-0.15, -0.1) is 0 Å². The van der Waals surface area contributed by atoms with Crippen molar-refractivity contribution in [1.82, 2.24) is 14.1 Å². The summed E-state index contributed by atoms with van der Waals surface area (Å²) in [6.45, 7) is 1.85. The number of sulfonamides is 1. The SMILES string of the molecule is Cc1cc(Oc2ccc(S(=O)(=O)N(C)C)cc2N)n(C)n1. The molecule has 0 aliphatic heterocycles. The van der Waals surface area contributed by atoms with Crippen molar-refractivity contribution in [3.63, 3.8) is 0 Å². The summed E-state index contributed by atoms with van der Waals surface area (Å²) in [4.78, 5) is 0.124. The first-order valence-corrected chi connectivity index (χ1v) is 7.66. The normalized spacial score (nSPS) is 11.9. The van der Waals surface area contributed by atoms with E-state index in [0.717, 1.165) is 10.00 Å². The van der Waals surface area contributed by atoms with Gasteiger partial charge in [0.1, 0.15) is 0 Å². The van der Waals surface area contributed by atoms with Crippen LogP contribution in [0.15, 0.2) is 29.2 Å². The molecule has 0 bridgehead atoms. The Morgan fingerprint density at radius 3 is 2.43 bits per heavy atom. The smallest absolute Gasteiger partial charge is 0.242 e. The summed E-state index contributed by atoms with van der Waals surface area (Å²) in [5.41, 5.74) is 6.95. The summed E-state index contributed by atoms with van der Waals surface area (Å²) in [7, 11) is 1.17. The Morgan fingerprint density at radius 2 is 1.95 bits per heavy atom. The van der Waals surface area contributed by atoms with Gasteiger partial charge in [0.15, 0.2) is 5.75 Å². The van der Waals surface area contributed by atoms with Crippen molar-refractivity contribution < 1.29 is 13.2 Å². The van der Waals surface area contributed by atoms with Crippen molar-refractivity contribution in [1.29, 1.82) is 0 Å². The van der Waals surface area contributed by atoms with E-state index in [0.29, 0.717) is 11.6 Å². The predicted octanol–water partition coefficient (Wildman–Crippen LogP) is 1.35. The van der Waals surface area contributed by atoms with Crippen LogP contribution in [0.5, 0.6) is 11.6 Å². The van der Waals surface area contributed by atoms with Crippen molar-refractivity contribution in [3.8, 4) is 11.6 Å². The van der Waals surface area contributed by atoms with E-state index >= 15 is 0 Å². The molecule has 0 fully saturated rings. The van der Waals surface area contributed by atoms with Gasteiger partial charge in [0.05, 0.1) is 16.3 Å². The quantitative estimate of drug-likeness (QED) is 0.861. The lowest BCUT2D eigenvalue weighted by atomic mass is 10.3. The van der Waals surface area contributed by atoms with Crippen LogP contribution in [0.25, 0.3) is 0 Å². The van der Waals surface area contributed by atoms with Gasteiger partial charge in [-0.05, 0) is 25.1 Å². The number of hydrogen-bond donors (Lipinski definition) is 1. The van der Waals surface area contributed by atoms with Gasteiger partial charge in [-0.1, -0.05) is 0 Å². The Bertz CT molecular complexity index is 766. The maximum Gasteiger partial charge on any atom is 0.242 e. The van der Waals surface area contributed by atoms with Gasteiger partial charge in [-0.3, -0.25) is 0 Å². The van der Waals surface area contributed by atoms with Crippen molar-refractivity contribution in [3.05, 3.63) is 30.0 Å². The van der Waals surface area contributed by atoms with Crippen LogP contribution in [0.3, 0.4) is 0 Å². The summed E-state index contributed by atoms with van der Waals surface area (Å²) in [5, 5.41) is 4.17. The highest BCUT2D eigenvalue weighted by Gasteiger charge is 2.19. The van der Waals surface area contributed by atoms with E-state index < -0.39 is 10.0 Å². The van der Waals surface area contributed by atoms with E-state index in [4.69, 9.17) is 10.5 Å². The summed E-state index contributed by atoms with van der Waals surface area (Å²) < 4.78 is 32.4. The van der Waals surface area contributed by atoms with Crippen LogP contribution in [0.2, 0.25) is 0 Å². The topological polar surface area (TPSA) is 90.5 Å². The fourth-order valence-corrected chi connectivity index (χ4v) is 2.72. The minimum atomic E-state index is -3.51. The van der Waals surface area contributed by atoms with Crippen LogP contribution in [0.1, 0.15) is 5.69 Å². The number of nitrogens with two attached hydrogens (primary N) is 1. The third-order valence-electron chi connectivity index (χ3n) is 2.93. The first-order valence-electron chi connectivity index (χ1n) is 6.22. The molecule has 7 nitrogen and oxygen atoms in total. The van der Waals surface area contributed by atoms with Crippen molar-refractivity contribution in [2.24, 2.45) is 7.05 Å². The van der Waals surface area contributed by atoms with Gasteiger partial charge >= 0.3 is 0 Å². The zero-order chi connectivity index (χ0) is 15.8. The third-order valence-corrected chi connectivity index (χ3v) is 4.74. The molecule has 21 heavy (non-hydrogen) atoms. The lowest BCUT2D eigenvalue weighted by Gasteiger charge is -2.13. The maximum atomic E-state index is 12.0. The highest BCUT2D eigenvalue weighted by atomic mass is 32.2. The van der Waals surface area contributed by atoms with Gasteiger partial charge in [-0.2, -0.15) is 5.10 Å². The van der Waals surface area contributed by atoms with Crippen molar-refractivity contribution in [2.45, 2.75) is 11.8 Å². The zero-order valence-corrected chi connectivity index (χ0v) is 13.2. The second-order valence-electron chi connectivity index (χ2n) is 4.84. The van der Waals surface area contributed by atoms with Crippen LogP contribution in [0.4, 0.5) is 5.69 Å². The maximum absolute atomic E-state index is 12.0. The highest BCUT2D eigenvalue weighted by molar-refractivity contribution is 7.89. The van der Waals surface area contributed by atoms with E-state index in [2.05, 4.69) is 5.10 Å². The molecule has 114 valence electrons. The summed E-state index contributed by atoms with van der Waals surface area (Å²) in [5.74, 6) is 0.915. The molecule has 2 aromatic rings. The van der Waals surface area contributed by atoms with E-state index in [1.54, 1.807) is 17.8 Å². The van der Waals surface area contributed by atoms with Gasteiger partial charge in [0.2, 0.25) is 15.9 Å². The Hall–Kier alpha value is -2.06. The molecule has 1 aromatic heterocycles. The largest absolute Gasteiger partial charge is 0.437 e. The minimum absolute atomic E-state index is 0.124. The van der Waals surface area contributed by atoms with E-state index in [1.165, 1.54) is 32.3 Å². The molecule has 0 amide bonds. The Balaban J connectivity index is 2.35. The Kier molecular flexibility index (Phi) is 3.93. The molecule has 0 spiro atoms. The minimum Gasteiger partial charge on any atom is -0.437 e. The molecule has 0 atom stereocenters. The molecular weight excluding hydrogens is 292 g/mol. The second-order valence-corrected chi connectivity index (χ2v) is 6.99. The number of aromatic nitrogens is 2. The van der Waals surface area contributed by atoms with Crippen molar-refractivity contribution >= 4 is 15.7 Å². The summed E-state index contributed by atoms with van der Waals surface area (Å²) in [6, 6.07) is 6.15. The van der Waals surface area contributed by atoms with Crippen molar-refractivity contribution in [2.75, 3.05) is 19.8 Å². The fraction of sp³-hybridized carbons (Fsp3) is 0.308. The molecular formula is C13H18N4O3S. The number of anilines is 1. The van der Waals surface area contributed by atoms with Gasteiger partial charge < -0.3 is 10.5 Å². The lowest BCUT2D eigenvalue weighted by molar-refractivity contribution is 0.432. The molecule has 1 heterocycles. The monoisotopic (exact) mass is 310 g/mol. The van der Waals surface area contributed by atoms with Crippen LogP contribution in [-0.4, -0.2) is 36.6 Å². The Morgan fingerprint density at radius 1 is 1.29 bits per heavy atom. The average molecular weight is 310 g/mol. The Labute approximate surface area is 124 Å². The van der Waals surface area contributed by atoms with Gasteiger partial charge in [0.25, 0.3) is 0 Å². The molecule has 0 saturated heterocycles. The van der Waals surface area contributed by atoms with Gasteiger partial charge in [-0.25, -0.2) is 17.4 Å². The van der Waals surface area contributed by atoms with Crippen LogP contribution < -0.4 is 10.5 Å². The number of aryl methyl sites for hydroxylation is 2. The second kappa shape index (κ2) is 5.38. The first kappa shape index (κ1) is 15.3. The van der Waals surface area contributed by atoms with E-state index in [-0.39, 0.29) is 10.6 Å². The molecule has 0 aliphatic carbocycles. The number of ether oxygens (including phenoxy) is 1. The molecule has 2 N–H and O–H groups in total. The molecule has 8 heteroatoms. The number of nitrogen functional groups attached to an aromatic ring is 1. The standard InChI is InChI=1S/C13H18N4O3S/c1-9-7-13(17(4)15-9)20-12-6-5-10(8-11(12)14)21(18,19)16(2)3/h5-8H,14H2,1-4H3. The van der Waals surface area contributed by atoms with E-state index in [1.807, 2.05) is 6.92 Å². The van der Waals surface area contributed by atoms with E-state index in [9.17, 15) is 8.42 Å². The molecule has 0 saturated carbocycles. The third kappa shape index (κ3) is 3.01. The zero-order valence-electron chi connectivity index (χ0n) is 12.4. The number of hydrogen-bond acceptors (Lipinski definition) is 5. The van der Waals surface area contributed by atoms with Crippen LogP contribution in [-0.2, 0) is 17.1 Å². The number of rotatable bonds is 4. The molecule has 0 aliphatic rings. The first-order chi connectivity index (χ1) is 9.71. The molecule has 0 radical (unpaired) electrons. The van der Waals surface area contributed by atoms with Gasteiger partial charge in [0, 0.05) is 27.2 Å². The molecule has 0 unspecified atom stereocenters. The number of benzene rings is 1. The molecule has 2 rings (SSSR count). The molecule has 1 aromatic carbocycles. The van der Waals surface area contributed by atoms with Crippen LogP contribution >= 0.6 is 0 Å². The van der Waals surface area contributed by atoms with Crippen LogP contribution in [0, 0.1) is 6.92 Å². The fourth-order valence-electron chi connectivity index (χ4n) is 1.79. The average Bonchev–Trinajstić information content (AvgIpc) is 2.70.